The van der Waals surface area contributed by atoms with Crippen LogP contribution in [-0.2, 0) is 0 Å². The molecule has 0 aliphatic carbocycles. The van der Waals surface area contributed by atoms with Gasteiger partial charge in [0.25, 0.3) is 0 Å². The normalized spacial score (nSPS) is 19.2. The van der Waals surface area contributed by atoms with Gasteiger partial charge in [-0.3, -0.25) is 0 Å². The molecule has 2 heteroatoms. The lowest BCUT2D eigenvalue weighted by atomic mass is 11.0. The van der Waals surface area contributed by atoms with E-state index in [2.05, 4.69) is 10.7 Å². The van der Waals surface area contributed by atoms with E-state index in [0.29, 0.717) is 0 Å². The molecule has 0 atom stereocenters. The molecule has 5 heavy (non-hydrogen) atoms. The van der Waals surface area contributed by atoms with Crippen LogP contribution in [0.2, 0.25) is 0 Å². The lowest BCUT2D eigenvalue weighted by Gasteiger charge is -1.77. The first-order valence-corrected chi connectivity index (χ1v) is 2.41. The van der Waals surface area contributed by atoms with Crippen LogP contribution in [-0.4, -0.2) is 5.88 Å². The van der Waals surface area contributed by atoms with Gasteiger partial charge in [-0.15, -0.1) is 11.8 Å². The average Bonchev–Trinajstić information content (AvgIpc) is 1.76. The summed E-state index contributed by atoms with van der Waals surface area (Å²) >= 11 is 1.66. The summed E-state index contributed by atoms with van der Waals surface area (Å²) in [7, 11) is 0. The Balaban J connectivity index is 2.32. The molecule has 0 unspecified atom stereocenters. The van der Waals surface area contributed by atoms with Gasteiger partial charge in [0.1, 0.15) is 0 Å². The quantitative estimate of drug-likeness (QED) is 0.462. The van der Waals surface area contributed by atoms with Crippen molar-refractivity contribution in [2.45, 2.75) is 0 Å². The van der Waals surface area contributed by atoms with Crippen LogP contribution in [0.1, 0.15) is 0 Å². The molecule has 0 aromatic heterocycles. The molecule has 0 aromatic rings. The van der Waals surface area contributed by atoms with Crippen LogP contribution in [0.5, 0.6) is 0 Å². The molecular formula is C3H4NS. The number of rotatable bonds is 0. The Hall–Kier alpha value is -0.110. The molecule has 1 aliphatic heterocycles. The lowest BCUT2D eigenvalue weighted by molar-refractivity contribution is 1.08. The second-order valence-corrected chi connectivity index (χ2v) is 1.57. The highest BCUT2D eigenvalue weighted by atomic mass is 32.2. The first-order chi connectivity index (χ1) is 2.50. The summed E-state index contributed by atoms with van der Waals surface area (Å²) in [6, 6.07) is 0. The summed E-state index contributed by atoms with van der Waals surface area (Å²) < 4.78 is 0. The van der Waals surface area contributed by atoms with Gasteiger partial charge in [-0.2, -0.15) is 0 Å². The van der Waals surface area contributed by atoms with Gasteiger partial charge < -0.3 is 5.32 Å². The molecule has 0 saturated heterocycles. The minimum absolute atomic E-state index is 1.00. The summed E-state index contributed by atoms with van der Waals surface area (Å²) in [5.74, 6) is 1.00. The second-order valence-electron chi connectivity index (χ2n) is 0.755. The molecule has 1 N–H and O–H groups in total. The second kappa shape index (κ2) is 1.36. The van der Waals surface area contributed by atoms with Gasteiger partial charge in [0.05, 0.1) is 5.88 Å². The van der Waals surface area contributed by atoms with Gasteiger partial charge in [-0.1, -0.05) is 0 Å². The first kappa shape index (κ1) is 3.09. The van der Waals surface area contributed by atoms with Crippen molar-refractivity contribution in [2.75, 3.05) is 5.88 Å². The molecule has 0 bridgehead atoms. The van der Waals surface area contributed by atoms with E-state index in [1.165, 1.54) is 0 Å². The van der Waals surface area contributed by atoms with Crippen LogP contribution in [0.15, 0.2) is 6.20 Å². The molecule has 1 heterocycles. The summed E-state index contributed by atoms with van der Waals surface area (Å²) in [5, 5.41) is 5.85. The fourth-order valence-electron chi connectivity index (χ4n) is 0.208. The van der Waals surface area contributed by atoms with E-state index >= 15 is 0 Å². The predicted octanol–water partition coefficient (Wildman–Crippen LogP) is 0.555. The number of thioether (sulfide) groups is 1. The maximum Gasteiger partial charge on any atom is 0.0653 e. The van der Waals surface area contributed by atoms with E-state index < -0.39 is 0 Å². The monoisotopic (exact) mass is 86.0 g/mol. The van der Waals surface area contributed by atoms with E-state index in [1.54, 1.807) is 11.8 Å². The largest absolute Gasteiger partial charge is 0.381 e. The van der Waals surface area contributed by atoms with Crippen LogP contribution < -0.4 is 5.32 Å². The Kier molecular flexibility index (Phi) is 0.841. The van der Waals surface area contributed by atoms with E-state index in [1.807, 2.05) is 6.20 Å². The first-order valence-electron chi connectivity index (χ1n) is 1.42. The van der Waals surface area contributed by atoms with Gasteiger partial charge in [0.2, 0.25) is 0 Å². The molecule has 27 valence electrons. The molecule has 0 saturated carbocycles. The number of nitrogens with one attached hydrogen (secondary N) is 1. The molecule has 1 aliphatic rings. The van der Waals surface area contributed by atoms with Crippen molar-refractivity contribution < 1.29 is 0 Å². The molecule has 1 nitrogen and oxygen atoms in total. The Morgan fingerprint density at radius 3 is 3.20 bits per heavy atom. The minimum Gasteiger partial charge on any atom is -0.381 e. The van der Waals surface area contributed by atoms with Crippen molar-refractivity contribution in [1.29, 1.82) is 0 Å². The Bertz CT molecular complexity index is 44.9. The lowest BCUT2D eigenvalue weighted by Crippen LogP contribution is -1.93. The molecule has 0 aromatic carbocycles. The van der Waals surface area contributed by atoms with E-state index in [0.717, 1.165) is 5.88 Å². The Labute approximate surface area is 35.4 Å². The van der Waals surface area contributed by atoms with Gasteiger partial charge >= 0.3 is 0 Å². The third kappa shape index (κ3) is 0.581. The van der Waals surface area contributed by atoms with Crippen LogP contribution in [0.4, 0.5) is 0 Å². The van der Waals surface area contributed by atoms with Crippen molar-refractivity contribution in [1.82, 2.24) is 5.32 Å². The molecule has 1 radical (unpaired) electrons. The molecule has 0 spiro atoms. The van der Waals surface area contributed by atoms with Gasteiger partial charge in [-0.05, 0) is 0 Å². The third-order valence-corrected chi connectivity index (χ3v) is 0.995. The summed E-state index contributed by atoms with van der Waals surface area (Å²) in [6.07, 6.45) is 1.82. The molecule has 1 rings (SSSR count). The van der Waals surface area contributed by atoms with Gasteiger partial charge in [0.15, 0.2) is 0 Å². The maximum atomic E-state index is 2.95. The Morgan fingerprint density at radius 1 is 2.00 bits per heavy atom. The summed E-state index contributed by atoms with van der Waals surface area (Å²) in [6.45, 7) is 0. The molecular weight excluding hydrogens is 82.1 g/mol. The highest BCUT2D eigenvalue weighted by Gasteiger charge is 1.83. The van der Waals surface area contributed by atoms with E-state index in [9.17, 15) is 0 Å². The van der Waals surface area contributed by atoms with Crippen LogP contribution in [0, 0.1) is 5.41 Å². The van der Waals surface area contributed by atoms with Crippen LogP contribution in [0.25, 0.3) is 0 Å². The number of hydrogen-bond acceptors (Lipinski definition) is 2. The van der Waals surface area contributed by atoms with E-state index in [-0.39, 0.29) is 0 Å². The molecule has 0 amide bonds. The van der Waals surface area contributed by atoms with E-state index in [4.69, 9.17) is 0 Å². The topological polar surface area (TPSA) is 12.0 Å². The Morgan fingerprint density at radius 2 is 3.00 bits per heavy atom. The third-order valence-electron chi connectivity index (χ3n) is 0.400. The highest BCUT2D eigenvalue weighted by Crippen LogP contribution is 2.00. The van der Waals surface area contributed by atoms with Crippen LogP contribution >= 0.6 is 11.8 Å². The maximum absolute atomic E-state index is 2.95. The zero-order valence-electron chi connectivity index (χ0n) is 2.69. The SMILES string of the molecule is [C]1=CNCS1. The standard InChI is InChI=1S/C3H4NS/c1-2-5-3-4-1/h1,4H,3H2. The molecule has 0 fully saturated rings. The zero-order chi connectivity index (χ0) is 3.54. The predicted molar refractivity (Wildman–Crippen MR) is 23.4 cm³/mol. The smallest absolute Gasteiger partial charge is 0.0653 e. The fraction of sp³-hybridized carbons (Fsp3) is 0.333. The van der Waals surface area contributed by atoms with Gasteiger partial charge in [-0.25, -0.2) is 0 Å². The van der Waals surface area contributed by atoms with Crippen molar-refractivity contribution in [3.8, 4) is 0 Å². The zero-order valence-corrected chi connectivity index (χ0v) is 3.51. The summed E-state index contributed by atoms with van der Waals surface area (Å²) in [4.78, 5) is 0. The van der Waals surface area contributed by atoms with Crippen molar-refractivity contribution in [3.63, 3.8) is 0 Å². The van der Waals surface area contributed by atoms with Gasteiger partial charge in [0, 0.05) is 11.6 Å². The van der Waals surface area contributed by atoms with Crippen molar-refractivity contribution in [2.24, 2.45) is 0 Å². The highest BCUT2D eigenvalue weighted by molar-refractivity contribution is 8.01. The summed E-state index contributed by atoms with van der Waals surface area (Å²) in [5.41, 5.74) is 0. The average molecular weight is 86.1 g/mol. The van der Waals surface area contributed by atoms with Crippen LogP contribution in [0.3, 0.4) is 0 Å². The number of hydrogen-bond donors (Lipinski definition) is 1. The fourth-order valence-corrected chi connectivity index (χ4v) is 0.625. The minimum atomic E-state index is 1.00. The van der Waals surface area contributed by atoms with Crippen molar-refractivity contribution >= 4 is 11.8 Å². The van der Waals surface area contributed by atoms with Crippen molar-refractivity contribution in [3.05, 3.63) is 11.6 Å².